The second-order valence-corrected chi connectivity index (χ2v) is 6.15. The fourth-order valence-electron chi connectivity index (χ4n) is 2.34. The van der Waals surface area contributed by atoms with Gasteiger partial charge in [-0.15, -0.1) is 0 Å². The molecule has 0 spiro atoms. The summed E-state index contributed by atoms with van der Waals surface area (Å²) in [5.74, 6) is 0.676. The van der Waals surface area contributed by atoms with Crippen LogP contribution >= 0.6 is 23.2 Å². The second kappa shape index (κ2) is 6.27. The molecule has 2 aromatic carbocycles. The van der Waals surface area contributed by atoms with Gasteiger partial charge in [0.15, 0.2) is 0 Å². The van der Waals surface area contributed by atoms with E-state index in [9.17, 15) is 0 Å². The van der Waals surface area contributed by atoms with Crippen molar-refractivity contribution in [3.8, 4) is 16.9 Å². The lowest BCUT2D eigenvalue weighted by Crippen LogP contribution is -2.15. The highest BCUT2D eigenvalue weighted by molar-refractivity contribution is 6.32. The van der Waals surface area contributed by atoms with Crippen LogP contribution < -0.4 is 10.1 Å². The van der Waals surface area contributed by atoms with E-state index in [0.29, 0.717) is 16.8 Å². The molecule has 0 radical (unpaired) electrons. The Labute approximate surface area is 135 Å². The molecule has 2 aromatic rings. The van der Waals surface area contributed by atoms with E-state index >= 15 is 0 Å². The smallest absolute Gasteiger partial charge is 0.138 e. The minimum absolute atomic E-state index is 0.612. The largest absolute Gasteiger partial charge is 0.495 e. The van der Waals surface area contributed by atoms with E-state index in [-0.39, 0.29) is 0 Å². The molecule has 1 aliphatic rings. The molecule has 0 amide bonds. The number of hydrogen-bond donors (Lipinski definition) is 1. The lowest BCUT2D eigenvalue weighted by Gasteiger charge is -2.13. The van der Waals surface area contributed by atoms with E-state index in [1.54, 1.807) is 7.11 Å². The van der Waals surface area contributed by atoms with Crippen LogP contribution in [-0.2, 0) is 6.54 Å². The van der Waals surface area contributed by atoms with Gasteiger partial charge >= 0.3 is 0 Å². The van der Waals surface area contributed by atoms with E-state index < -0.39 is 0 Å². The number of rotatable bonds is 5. The molecule has 1 N–H and O–H groups in total. The summed E-state index contributed by atoms with van der Waals surface area (Å²) in [6.45, 7) is 0.849. The Hall–Kier alpha value is -1.22. The quantitative estimate of drug-likeness (QED) is 0.843. The summed E-state index contributed by atoms with van der Waals surface area (Å²) >= 11 is 12.3. The zero-order valence-corrected chi connectivity index (χ0v) is 13.3. The monoisotopic (exact) mass is 321 g/mol. The molecule has 1 saturated carbocycles. The summed E-state index contributed by atoms with van der Waals surface area (Å²) < 4.78 is 5.30. The van der Waals surface area contributed by atoms with E-state index in [1.165, 1.54) is 18.4 Å². The second-order valence-electron chi connectivity index (χ2n) is 5.31. The Morgan fingerprint density at radius 2 is 1.95 bits per heavy atom. The standard InChI is InChI=1S/C17H17Cl2NO/c1-21-17-8-11(3-7-16(17)19)15-9-13(18)4-2-12(15)10-20-14-5-6-14/h2-4,7-9,14,20H,5-6,10H2,1H3. The maximum Gasteiger partial charge on any atom is 0.138 e. The Balaban J connectivity index is 1.96. The van der Waals surface area contributed by atoms with Crippen LogP contribution in [0, 0.1) is 0 Å². The van der Waals surface area contributed by atoms with Gasteiger partial charge in [-0.25, -0.2) is 0 Å². The Morgan fingerprint density at radius 1 is 1.14 bits per heavy atom. The number of halogens is 2. The number of benzene rings is 2. The van der Waals surface area contributed by atoms with Gasteiger partial charge in [-0.3, -0.25) is 0 Å². The van der Waals surface area contributed by atoms with Gasteiger partial charge in [0.25, 0.3) is 0 Å². The van der Waals surface area contributed by atoms with Crippen molar-refractivity contribution in [1.29, 1.82) is 0 Å². The summed E-state index contributed by atoms with van der Waals surface area (Å²) in [7, 11) is 1.62. The van der Waals surface area contributed by atoms with Crippen LogP contribution in [-0.4, -0.2) is 13.2 Å². The fourth-order valence-corrected chi connectivity index (χ4v) is 2.71. The first-order chi connectivity index (χ1) is 10.2. The van der Waals surface area contributed by atoms with E-state index in [4.69, 9.17) is 27.9 Å². The molecule has 0 aromatic heterocycles. The molecule has 0 saturated heterocycles. The first kappa shape index (κ1) is 14.7. The third-order valence-corrected chi connectivity index (χ3v) is 4.24. The number of methoxy groups -OCH3 is 1. The molecule has 0 aliphatic heterocycles. The molecule has 4 heteroatoms. The topological polar surface area (TPSA) is 21.3 Å². The van der Waals surface area contributed by atoms with E-state index in [1.807, 2.05) is 30.3 Å². The van der Waals surface area contributed by atoms with Gasteiger partial charge in [0.2, 0.25) is 0 Å². The minimum atomic E-state index is 0.612. The molecule has 1 aliphatic carbocycles. The molecule has 110 valence electrons. The van der Waals surface area contributed by atoms with Gasteiger partial charge in [-0.05, 0) is 53.8 Å². The zero-order chi connectivity index (χ0) is 14.8. The summed E-state index contributed by atoms with van der Waals surface area (Å²) in [5, 5.41) is 4.88. The van der Waals surface area contributed by atoms with Crippen molar-refractivity contribution in [2.24, 2.45) is 0 Å². The summed E-state index contributed by atoms with van der Waals surface area (Å²) in [4.78, 5) is 0. The van der Waals surface area contributed by atoms with Gasteiger partial charge in [0.1, 0.15) is 5.75 Å². The van der Waals surface area contributed by atoms with Crippen molar-refractivity contribution in [2.75, 3.05) is 7.11 Å². The highest BCUT2D eigenvalue weighted by Crippen LogP contribution is 2.33. The molecular weight excluding hydrogens is 305 g/mol. The molecule has 21 heavy (non-hydrogen) atoms. The average Bonchev–Trinajstić information content (AvgIpc) is 3.31. The number of hydrogen-bond acceptors (Lipinski definition) is 2. The molecule has 1 fully saturated rings. The average molecular weight is 322 g/mol. The van der Waals surface area contributed by atoms with Gasteiger partial charge in [0.05, 0.1) is 12.1 Å². The SMILES string of the molecule is COc1cc(-c2cc(Cl)ccc2CNC2CC2)ccc1Cl. The zero-order valence-electron chi connectivity index (χ0n) is 11.8. The van der Waals surface area contributed by atoms with Crippen LogP contribution in [0.25, 0.3) is 11.1 Å². The van der Waals surface area contributed by atoms with Gasteiger partial charge in [-0.2, -0.15) is 0 Å². The Morgan fingerprint density at radius 3 is 2.67 bits per heavy atom. The maximum atomic E-state index is 6.17. The Bertz CT molecular complexity index is 653. The van der Waals surface area contributed by atoms with Crippen LogP contribution in [0.2, 0.25) is 10.0 Å². The van der Waals surface area contributed by atoms with Crippen LogP contribution in [0.5, 0.6) is 5.75 Å². The minimum Gasteiger partial charge on any atom is -0.495 e. The maximum absolute atomic E-state index is 6.17. The predicted molar refractivity (Wildman–Crippen MR) is 88.3 cm³/mol. The van der Waals surface area contributed by atoms with Gasteiger partial charge in [-0.1, -0.05) is 35.3 Å². The number of nitrogens with one attached hydrogen (secondary N) is 1. The summed E-state index contributed by atoms with van der Waals surface area (Å²) in [6, 6.07) is 12.5. The predicted octanol–water partition coefficient (Wildman–Crippen LogP) is 4.92. The van der Waals surface area contributed by atoms with Crippen LogP contribution in [0.1, 0.15) is 18.4 Å². The van der Waals surface area contributed by atoms with Crippen LogP contribution in [0.15, 0.2) is 36.4 Å². The van der Waals surface area contributed by atoms with Gasteiger partial charge in [0, 0.05) is 17.6 Å². The fraction of sp³-hybridized carbons (Fsp3) is 0.294. The van der Waals surface area contributed by atoms with Crippen molar-refractivity contribution in [1.82, 2.24) is 5.32 Å². The first-order valence-electron chi connectivity index (χ1n) is 7.03. The number of ether oxygens (including phenoxy) is 1. The van der Waals surface area contributed by atoms with Crippen molar-refractivity contribution in [3.05, 3.63) is 52.0 Å². The summed E-state index contributed by atoms with van der Waals surface area (Å²) in [5.41, 5.74) is 3.41. The third-order valence-electron chi connectivity index (χ3n) is 3.69. The van der Waals surface area contributed by atoms with E-state index in [2.05, 4.69) is 11.4 Å². The van der Waals surface area contributed by atoms with Crippen LogP contribution in [0.3, 0.4) is 0 Å². The van der Waals surface area contributed by atoms with Crippen molar-refractivity contribution >= 4 is 23.2 Å². The normalized spacial score (nSPS) is 14.2. The highest BCUT2D eigenvalue weighted by Gasteiger charge is 2.20. The summed E-state index contributed by atoms with van der Waals surface area (Å²) in [6.07, 6.45) is 2.55. The Kier molecular flexibility index (Phi) is 4.39. The van der Waals surface area contributed by atoms with Crippen molar-refractivity contribution in [3.63, 3.8) is 0 Å². The molecular formula is C17H17Cl2NO. The van der Waals surface area contributed by atoms with Gasteiger partial charge < -0.3 is 10.1 Å². The molecule has 0 heterocycles. The third kappa shape index (κ3) is 3.52. The van der Waals surface area contributed by atoms with Crippen molar-refractivity contribution in [2.45, 2.75) is 25.4 Å². The molecule has 0 atom stereocenters. The van der Waals surface area contributed by atoms with E-state index in [0.717, 1.165) is 22.7 Å². The van der Waals surface area contributed by atoms with Crippen molar-refractivity contribution < 1.29 is 4.74 Å². The van der Waals surface area contributed by atoms with Crippen LogP contribution in [0.4, 0.5) is 0 Å². The lowest BCUT2D eigenvalue weighted by molar-refractivity contribution is 0.415. The molecule has 0 bridgehead atoms. The molecule has 2 nitrogen and oxygen atoms in total. The first-order valence-corrected chi connectivity index (χ1v) is 7.78. The molecule has 3 rings (SSSR count). The lowest BCUT2D eigenvalue weighted by atomic mass is 9.99. The molecule has 0 unspecified atom stereocenters. The highest BCUT2D eigenvalue weighted by atomic mass is 35.5.